The van der Waals surface area contributed by atoms with Crippen molar-refractivity contribution in [2.75, 3.05) is 6.61 Å². The first-order valence-corrected chi connectivity index (χ1v) is 9.06. The normalized spacial score (nSPS) is 11.7. The van der Waals surface area contributed by atoms with E-state index in [0.29, 0.717) is 13.0 Å². The van der Waals surface area contributed by atoms with Gasteiger partial charge in [0.1, 0.15) is 6.61 Å². The van der Waals surface area contributed by atoms with Crippen molar-refractivity contribution in [3.63, 3.8) is 0 Å². The Bertz CT molecular complexity index is 364. The molecule has 0 radical (unpaired) electrons. The van der Waals surface area contributed by atoms with Crippen LogP contribution in [0.1, 0.15) is 71.1 Å². The standard InChI is InChI=1S/C21H34O2/c1-3-5-6-7-8-9-10-11-12-13-14-15-16-17-18-19-21(22)23-20-4-2/h4,7-12H,2-3,5-6,13-20H2,1H3. The fourth-order valence-electron chi connectivity index (χ4n) is 2.09. The monoisotopic (exact) mass is 318 g/mol. The molecule has 0 aromatic carbocycles. The molecule has 0 unspecified atom stereocenters. The molecule has 2 nitrogen and oxygen atoms in total. The molecule has 0 atom stereocenters. The summed E-state index contributed by atoms with van der Waals surface area (Å²) in [7, 11) is 0. The van der Waals surface area contributed by atoms with Gasteiger partial charge >= 0.3 is 5.97 Å². The van der Waals surface area contributed by atoms with E-state index in [0.717, 1.165) is 19.3 Å². The highest BCUT2D eigenvalue weighted by molar-refractivity contribution is 5.69. The third kappa shape index (κ3) is 18.4. The summed E-state index contributed by atoms with van der Waals surface area (Å²) in [5.74, 6) is -0.108. The molecule has 0 saturated carbocycles. The van der Waals surface area contributed by atoms with E-state index in [1.165, 1.54) is 38.5 Å². The van der Waals surface area contributed by atoms with Crippen LogP contribution in [0.25, 0.3) is 0 Å². The van der Waals surface area contributed by atoms with Gasteiger partial charge in [0.2, 0.25) is 0 Å². The molecule has 0 aromatic heterocycles. The zero-order valence-corrected chi connectivity index (χ0v) is 14.8. The molecule has 0 heterocycles. The van der Waals surface area contributed by atoms with Gasteiger partial charge in [-0.05, 0) is 25.7 Å². The van der Waals surface area contributed by atoms with Crippen molar-refractivity contribution in [1.29, 1.82) is 0 Å². The van der Waals surface area contributed by atoms with E-state index in [-0.39, 0.29) is 5.97 Å². The molecule has 0 aromatic rings. The summed E-state index contributed by atoms with van der Waals surface area (Å²) < 4.78 is 4.93. The minimum Gasteiger partial charge on any atom is -0.461 e. The Morgan fingerprint density at radius 3 is 2.13 bits per heavy atom. The van der Waals surface area contributed by atoms with Gasteiger partial charge in [-0.15, -0.1) is 0 Å². The lowest BCUT2D eigenvalue weighted by Crippen LogP contribution is -2.03. The Labute approximate surface area is 143 Å². The number of unbranched alkanes of at least 4 members (excludes halogenated alkanes) is 7. The Hall–Kier alpha value is -1.57. The topological polar surface area (TPSA) is 26.3 Å². The Morgan fingerprint density at radius 1 is 0.870 bits per heavy atom. The number of carbonyl (C=O) groups excluding carboxylic acids is 1. The molecule has 0 aliphatic carbocycles. The van der Waals surface area contributed by atoms with Gasteiger partial charge in [0, 0.05) is 6.42 Å². The Morgan fingerprint density at radius 2 is 1.48 bits per heavy atom. The Balaban J connectivity index is 3.33. The van der Waals surface area contributed by atoms with E-state index in [2.05, 4.69) is 50.0 Å². The minimum absolute atomic E-state index is 0.108. The molecule has 0 N–H and O–H groups in total. The summed E-state index contributed by atoms with van der Waals surface area (Å²) in [4.78, 5) is 11.2. The summed E-state index contributed by atoms with van der Waals surface area (Å²) in [5, 5.41) is 0. The van der Waals surface area contributed by atoms with Crippen LogP contribution in [-0.4, -0.2) is 12.6 Å². The van der Waals surface area contributed by atoms with E-state index < -0.39 is 0 Å². The van der Waals surface area contributed by atoms with Crippen LogP contribution in [0.3, 0.4) is 0 Å². The second-order valence-corrected chi connectivity index (χ2v) is 5.66. The van der Waals surface area contributed by atoms with Gasteiger partial charge < -0.3 is 4.74 Å². The van der Waals surface area contributed by atoms with E-state index in [4.69, 9.17) is 4.74 Å². The SMILES string of the molecule is C=CCOC(=O)CCCCCCCC=CC=CC=CCCCC. The van der Waals surface area contributed by atoms with Gasteiger partial charge in [-0.3, -0.25) is 4.79 Å². The maximum absolute atomic E-state index is 11.2. The summed E-state index contributed by atoms with van der Waals surface area (Å²) in [6.07, 6.45) is 25.5. The van der Waals surface area contributed by atoms with Crippen LogP contribution in [0.5, 0.6) is 0 Å². The molecular formula is C21H34O2. The van der Waals surface area contributed by atoms with Gasteiger partial charge in [0.25, 0.3) is 0 Å². The van der Waals surface area contributed by atoms with Gasteiger partial charge in [-0.25, -0.2) is 0 Å². The average Bonchev–Trinajstić information content (AvgIpc) is 2.56. The third-order valence-corrected chi connectivity index (χ3v) is 3.44. The molecule has 0 bridgehead atoms. The van der Waals surface area contributed by atoms with Crippen LogP contribution in [0.2, 0.25) is 0 Å². The van der Waals surface area contributed by atoms with Crippen LogP contribution in [0.15, 0.2) is 49.1 Å². The molecule has 2 heteroatoms. The minimum atomic E-state index is -0.108. The molecule has 0 fully saturated rings. The summed E-state index contributed by atoms with van der Waals surface area (Å²) in [6.45, 7) is 6.06. The molecule has 0 rings (SSSR count). The molecule has 130 valence electrons. The maximum atomic E-state index is 11.2. The van der Waals surface area contributed by atoms with Crippen LogP contribution in [0.4, 0.5) is 0 Å². The van der Waals surface area contributed by atoms with Crippen molar-refractivity contribution in [3.05, 3.63) is 49.1 Å². The number of hydrogen-bond acceptors (Lipinski definition) is 2. The molecular weight excluding hydrogens is 284 g/mol. The van der Waals surface area contributed by atoms with Gasteiger partial charge in [-0.2, -0.15) is 0 Å². The zero-order valence-electron chi connectivity index (χ0n) is 14.8. The lowest BCUT2D eigenvalue weighted by Gasteiger charge is -2.01. The average molecular weight is 319 g/mol. The van der Waals surface area contributed by atoms with Crippen molar-refractivity contribution < 1.29 is 9.53 Å². The van der Waals surface area contributed by atoms with Crippen molar-refractivity contribution in [1.82, 2.24) is 0 Å². The second-order valence-electron chi connectivity index (χ2n) is 5.66. The van der Waals surface area contributed by atoms with Crippen molar-refractivity contribution >= 4 is 5.97 Å². The molecule has 0 aliphatic heterocycles. The third-order valence-electron chi connectivity index (χ3n) is 3.44. The molecule has 0 spiro atoms. The highest BCUT2D eigenvalue weighted by Gasteiger charge is 2.00. The van der Waals surface area contributed by atoms with Crippen LogP contribution in [-0.2, 0) is 9.53 Å². The first-order valence-electron chi connectivity index (χ1n) is 9.06. The molecule has 0 saturated heterocycles. The summed E-state index contributed by atoms with van der Waals surface area (Å²) >= 11 is 0. The van der Waals surface area contributed by atoms with Gasteiger partial charge in [0.15, 0.2) is 0 Å². The predicted molar refractivity (Wildman–Crippen MR) is 100 cm³/mol. The van der Waals surface area contributed by atoms with Crippen molar-refractivity contribution in [2.45, 2.75) is 71.1 Å². The smallest absolute Gasteiger partial charge is 0.306 e. The van der Waals surface area contributed by atoms with E-state index >= 15 is 0 Å². The maximum Gasteiger partial charge on any atom is 0.306 e. The summed E-state index contributed by atoms with van der Waals surface area (Å²) in [6, 6.07) is 0. The quantitative estimate of drug-likeness (QED) is 0.153. The highest BCUT2D eigenvalue weighted by atomic mass is 16.5. The van der Waals surface area contributed by atoms with E-state index in [9.17, 15) is 4.79 Å². The lowest BCUT2D eigenvalue weighted by atomic mass is 10.1. The fourth-order valence-corrected chi connectivity index (χ4v) is 2.09. The van der Waals surface area contributed by atoms with Gasteiger partial charge in [-0.1, -0.05) is 88.1 Å². The second kappa shape index (κ2) is 18.5. The van der Waals surface area contributed by atoms with Crippen molar-refractivity contribution in [2.24, 2.45) is 0 Å². The first kappa shape index (κ1) is 21.4. The highest BCUT2D eigenvalue weighted by Crippen LogP contribution is 2.08. The van der Waals surface area contributed by atoms with Crippen molar-refractivity contribution in [3.8, 4) is 0 Å². The van der Waals surface area contributed by atoms with Crippen LogP contribution >= 0.6 is 0 Å². The number of carbonyl (C=O) groups is 1. The molecule has 0 aliphatic rings. The first-order chi connectivity index (χ1) is 11.3. The molecule has 23 heavy (non-hydrogen) atoms. The van der Waals surface area contributed by atoms with E-state index in [1.807, 2.05) is 0 Å². The lowest BCUT2D eigenvalue weighted by molar-refractivity contribution is -0.142. The number of esters is 1. The number of rotatable bonds is 15. The van der Waals surface area contributed by atoms with Crippen LogP contribution < -0.4 is 0 Å². The molecule has 0 amide bonds. The number of allylic oxidation sites excluding steroid dienone is 6. The fraction of sp³-hybridized carbons (Fsp3) is 0.571. The zero-order chi connectivity index (χ0) is 17.0. The predicted octanol–water partition coefficient (Wildman–Crippen LogP) is 6.31. The van der Waals surface area contributed by atoms with Crippen LogP contribution in [0, 0.1) is 0 Å². The van der Waals surface area contributed by atoms with Gasteiger partial charge in [0.05, 0.1) is 0 Å². The Kier molecular flexibility index (Phi) is 17.2. The van der Waals surface area contributed by atoms with E-state index in [1.54, 1.807) is 6.08 Å². The summed E-state index contributed by atoms with van der Waals surface area (Å²) in [5.41, 5.74) is 0. The number of hydrogen-bond donors (Lipinski definition) is 0. The number of ether oxygens (including phenoxy) is 1. The largest absolute Gasteiger partial charge is 0.461 e.